The SMILES string of the molecule is CCCC(C)(N)C(=O)NC1C2CCOC2C1(C)C.Cl. The summed E-state index contributed by atoms with van der Waals surface area (Å²) in [5.74, 6) is 0.453. The maximum absolute atomic E-state index is 12.3. The Kier molecular flexibility index (Phi) is 4.92. The van der Waals surface area contributed by atoms with E-state index in [-0.39, 0.29) is 29.8 Å². The zero-order valence-corrected chi connectivity index (χ0v) is 13.2. The van der Waals surface area contributed by atoms with Crippen molar-refractivity contribution in [2.75, 3.05) is 6.61 Å². The van der Waals surface area contributed by atoms with Gasteiger partial charge in [0.1, 0.15) is 0 Å². The van der Waals surface area contributed by atoms with Crippen LogP contribution < -0.4 is 11.1 Å². The molecule has 2 aliphatic rings. The Morgan fingerprint density at radius 1 is 1.53 bits per heavy atom. The van der Waals surface area contributed by atoms with E-state index in [9.17, 15) is 4.79 Å². The van der Waals surface area contributed by atoms with Crippen LogP contribution in [0.15, 0.2) is 0 Å². The minimum Gasteiger partial charge on any atom is -0.377 e. The van der Waals surface area contributed by atoms with Crippen LogP contribution >= 0.6 is 12.4 Å². The van der Waals surface area contributed by atoms with Gasteiger partial charge in [0.2, 0.25) is 5.91 Å². The summed E-state index contributed by atoms with van der Waals surface area (Å²) in [4.78, 5) is 12.3. The standard InChI is InChI=1S/C14H26N2O2.ClH/c1-5-7-14(4,15)12(17)16-10-9-6-8-18-11(9)13(10,2)3;/h9-11H,5-8,15H2,1-4H3,(H,16,17);1H. The van der Waals surface area contributed by atoms with Crippen LogP contribution in [0.3, 0.4) is 0 Å². The highest BCUT2D eigenvalue weighted by Gasteiger charge is 2.60. The molecule has 1 saturated heterocycles. The number of ether oxygens (including phenoxy) is 1. The molecule has 3 N–H and O–H groups in total. The quantitative estimate of drug-likeness (QED) is 0.830. The molecule has 1 heterocycles. The Labute approximate surface area is 122 Å². The monoisotopic (exact) mass is 290 g/mol. The van der Waals surface area contributed by atoms with E-state index in [1.807, 2.05) is 13.8 Å². The third-order valence-corrected chi connectivity index (χ3v) is 4.68. The zero-order chi connectivity index (χ0) is 13.6. The van der Waals surface area contributed by atoms with E-state index in [0.29, 0.717) is 12.0 Å². The van der Waals surface area contributed by atoms with Gasteiger partial charge in [-0.2, -0.15) is 0 Å². The molecule has 1 aliphatic carbocycles. The molecule has 2 rings (SSSR count). The molecule has 0 aromatic rings. The van der Waals surface area contributed by atoms with E-state index < -0.39 is 5.54 Å². The molecular weight excluding hydrogens is 264 g/mol. The van der Waals surface area contributed by atoms with Crippen LogP contribution in [-0.4, -0.2) is 30.2 Å². The number of carbonyl (C=O) groups is 1. The van der Waals surface area contributed by atoms with Crippen molar-refractivity contribution in [2.24, 2.45) is 17.1 Å². The minimum atomic E-state index is -0.755. The second-order valence-electron chi connectivity index (χ2n) is 6.68. The lowest BCUT2D eigenvalue weighted by Gasteiger charge is -2.55. The lowest BCUT2D eigenvalue weighted by atomic mass is 9.57. The van der Waals surface area contributed by atoms with E-state index in [2.05, 4.69) is 19.2 Å². The third kappa shape index (κ3) is 2.76. The fourth-order valence-corrected chi connectivity index (χ4v) is 3.56. The molecule has 1 saturated carbocycles. The number of halogens is 1. The summed E-state index contributed by atoms with van der Waals surface area (Å²) in [6.45, 7) is 9.02. The number of rotatable bonds is 4. The summed E-state index contributed by atoms with van der Waals surface area (Å²) < 4.78 is 5.73. The van der Waals surface area contributed by atoms with E-state index in [1.54, 1.807) is 0 Å². The molecule has 0 aromatic heterocycles. The van der Waals surface area contributed by atoms with Gasteiger partial charge in [-0.05, 0) is 19.8 Å². The van der Waals surface area contributed by atoms with Gasteiger partial charge in [-0.25, -0.2) is 0 Å². The molecule has 0 aromatic carbocycles. The summed E-state index contributed by atoms with van der Waals surface area (Å²) in [6.07, 6.45) is 2.99. The first-order chi connectivity index (χ1) is 8.30. The van der Waals surface area contributed by atoms with Crippen molar-refractivity contribution in [3.8, 4) is 0 Å². The van der Waals surface area contributed by atoms with E-state index in [4.69, 9.17) is 10.5 Å². The van der Waals surface area contributed by atoms with Gasteiger partial charge in [-0.15, -0.1) is 12.4 Å². The van der Waals surface area contributed by atoms with Crippen molar-refractivity contribution < 1.29 is 9.53 Å². The first kappa shape index (κ1) is 16.7. The highest BCUT2D eigenvalue weighted by molar-refractivity contribution is 5.86. The Bertz CT molecular complexity index is 344. The highest BCUT2D eigenvalue weighted by Crippen LogP contribution is 2.52. The lowest BCUT2D eigenvalue weighted by Crippen LogP contribution is -2.69. The van der Waals surface area contributed by atoms with Crippen LogP contribution in [0.2, 0.25) is 0 Å². The predicted molar refractivity (Wildman–Crippen MR) is 78.3 cm³/mol. The molecule has 4 atom stereocenters. The van der Waals surface area contributed by atoms with Crippen molar-refractivity contribution in [1.82, 2.24) is 5.32 Å². The maximum Gasteiger partial charge on any atom is 0.240 e. The summed E-state index contributed by atoms with van der Waals surface area (Å²) in [7, 11) is 0. The molecule has 4 nitrogen and oxygen atoms in total. The van der Waals surface area contributed by atoms with Crippen molar-refractivity contribution in [3.05, 3.63) is 0 Å². The Balaban J connectivity index is 0.00000180. The third-order valence-electron chi connectivity index (χ3n) is 4.68. The van der Waals surface area contributed by atoms with Gasteiger partial charge in [-0.1, -0.05) is 27.2 Å². The largest absolute Gasteiger partial charge is 0.377 e. The average Bonchev–Trinajstić information content (AvgIpc) is 2.71. The van der Waals surface area contributed by atoms with Gasteiger partial charge < -0.3 is 15.8 Å². The summed E-state index contributed by atoms with van der Waals surface area (Å²) >= 11 is 0. The number of amides is 1. The lowest BCUT2D eigenvalue weighted by molar-refractivity contribution is -0.141. The summed E-state index contributed by atoms with van der Waals surface area (Å²) in [6, 6.07) is 0.206. The average molecular weight is 291 g/mol. The van der Waals surface area contributed by atoms with E-state index in [0.717, 1.165) is 25.9 Å². The number of nitrogens with one attached hydrogen (secondary N) is 1. The van der Waals surface area contributed by atoms with Gasteiger partial charge in [-0.3, -0.25) is 4.79 Å². The van der Waals surface area contributed by atoms with Crippen molar-refractivity contribution in [3.63, 3.8) is 0 Å². The maximum atomic E-state index is 12.3. The van der Waals surface area contributed by atoms with Crippen molar-refractivity contribution in [1.29, 1.82) is 0 Å². The molecule has 0 spiro atoms. The Hall–Kier alpha value is -0.320. The second-order valence-corrected chi connectivity index (χ2v) is 6.68. The smallest absolute Gasteiger partial charge is 0.240 e. The van der Waals surface area contributed by atoms with Crippen LogP contribution in [0.1, 0.15) is 47.0 Å². The number of carbonyl (C=O) groups excluding carboxylic acids is 1. The number of hydrogen-bond donors (Lipinski definition) is 2. The van der Waals surface area contributed by atoms with Crippen LogP contribution in [0.4, 0.5) is 0 Å². The van der Waals surface area contributed by atoms with Crippen LogP contribution in [0, 0.1) is 11.3 Å². The van der Waals surface area contributed by atoms with Gasteiger partial charge in [0.25, 0.3) is 0 Å². The first-order valence-electron chi connectivity index (χ1n) is 7.02. The van der Waals surface area contributed by atoms with Crippen LogP contribution in [0.5, 0.6) is 0 Å². The molecule has 1 amide bonds. The fourth-order valence-electron chi connectivity index (χ4n) is 3.56. The van der Waals surface area contributed by atoms with Crippen LogP contribution in [0.25, 0.3) is 0 Å². The van der Waals surface area contributed by atoms with E-state index in [1.165, 1.54) is 0 Å². The fraction of sp³-hybridized carbons (Fsp3) is 0.929. The Morgan fingerprint density at radius 3 is 2.74 bits per heavy atom. The molecule has 0 bridgehead atoms. The van der Waals surface area contributed by atoms with Gasteiger partial charge in [0, 0.05) is 24.0 Å². The minimum absolute atomic E-state index is 0. The second kappa shape index (κ2) is 5.58. The normalized spacial score (nSPS) is 34.5. The molecular formula is C14H27ClN2O2. The molecule has 19 heavy (non-hydrogen) atoms. The topological polar surface area (TPSA) is 64.4 Å². The van der Waals surface area contributed by atoms with Gasteiger partial charge in [0.05, 0.1) is 11.6 Å². The predicted octanol–water partition coefficient (Wildman–Crippen LogP) is 1.86. The molecule has 5 heteroatoms. The first-order valence-corrected chi connectivity index (χ1v) is 7.02. The van der Waals surface area contributed by atoms with E-state index >= 15 is 0 Å². The summed E-state index contributed by atoms with van der Waals surface area (Å²) in [5, 5.41) is 3.16. The van der Waals surface area contributed by atoms with Crippen molar-refractivity contribution >= 4 is 18.3 Å². The highest BCUT2D eigenvalue weighted by atomic mass is 35.5. The van der Waals surface area contributed by atoms with Gasteiger partial charge in [0.15, 0.2) is 0 Å². The zero-order valence-electron chi connectivity index (χ0n) is 12.4. The molecule has 2 fully saturated rings. The summed E-state index contributed by atoms with van der Waals surface area (Å²) in [5.41, 5.74) is 5.35. The number of fused-ring (bicyclic) bond motifs is 1. The van der Waals surface area contributed by atoms with Crippen molar-refractivity contribution in [2.45, 2.75) is 64.6 Å². The number of hydrogen-bond acceptors (Lipinski definition) is 3. The molecule has 4 unspecified atom stereocenters. The molecule has 112 valence electrons. The van der Waals surface area contributed by atoms with Crippen LogP contribution in [-0.2, 0) is 9.53 Å². The van der Waals surface area contributed by atoms with Gasteiger partial charge >= 0.3 is 0 Å². The molecule has 0 radical (unpaired) electrons. The Morgan fingerprint density at radius 2 is 2.16 bits per heavy atom. The molecule has 1 aliphatic heterocycles. The number of nitrogens with two attached hydrogens (primary N) is 1.